The number of amides is 1. The van der Waals surface area contributed by atoms with Crippen molar-refractivity contribution in [1.29, 1.82) is 0 Å². The van der Waals surface area contributed by atoms with Gasteiger partial charge in [-0.2, -0.15) is 0 Å². The highest BCUT2D eigenvalue weighted by Gasteiger charge is 2.63. The number of ketones is 1. The van der Waals surface area contributed by atoms with Gasteiger partial charge < -0.3 is 31.9 Å². The first kappa shape index (κ1) is 37.5. The lowest BCUT2D eigenvalue weighted by molar-refractivity contribution is -0.208. The zero-order chi connectivity index (χ0) is 35.4. The van der Waals surface area contributed by atoms with Crippen LogP contribution in [-0.4, -0.2) is 60.4 Å². The molecule has 10 heteroatoms. The van der Waals surface area contributed by atoms with Crippen molar-refractivity contribution >= 4 is 29.4 Å². The number of hydrogen-bond donors (Lipinski definition) is 5. The van der Waals surface area contributed by atoms with Gasteiger partial charge in [0.05, 0.1) is 11.9 Å². The zero-order valence-corrected chi connectivity index (χ0v) is 30.5. The molecule has 3 bridgehead atoms. The first-order valence-electron chi connectivity index (χ1n) is 17.9. The van der Waals surface area contributed by atoms with Gasteiger partial charge >= 0.3 is 5.97 Å². The number of nitrogens with two attached hydrogens (primary N) is 2. The standard InChI is InChI=1S/C39H56N4O5S/c1-25-31-18-39(15-14-32(31)44)23-38(25,4)33(48-34(45)22-49-30-12-8-27(20-41)9-13-30)19-37(3,35(46)26(39)2)24-42-21-28-6-10-29(11-7-28)36(47)43-17-5-16-40/h6-13,25-26,31,33,35,42,46H,5,14-24,40-41H2,1-4H3,(H,43,47)/t25?,26-,31?,33+,35-,37+,38-,39-/m0/s1. The van der Waals surface area contributed by atoms with E-state index in [1.54, 1.807) is 0 Å². The summed E-state index contributed by atoms with van der Waals surface area (Å²) in [6, 6.07) is 15.4. The summed E-state index contributed by atoms with van der Waals surface area (Å²) in [5.41, 5.74) is 12.7. The highest BCUT2D eigenvalue weighted by Crippen LogP contribution is 2.65. The van der Waals surface area contributed by atoms with E-state index in [4.69, 9.17) is 16.2 Å². The molecule has 3 aliphatic carbocycles. The van der Waals surface area contributed by atoms with E-state index in [1.165, 1.54) is 11.8 Å². The Labute approximate surface area is 296 Å². The number of benzene rings is 2. The summed E-state index contributed by atoms with van der Waals surface area (Å²) in [6.07, 6.45) is 2.99. The van der Waals surface area contributed by atoms with Crippen molar-refractivity contribution in [3.05, 3.63) is 65.2 Å². The van der Waals surface area contributed by atoms with Gasteiger partial charge in [-0.15, -0.1) is 11.8 Å². The number of carbonyl (C=O) groups excluding carboxylic acids is 3. The molecule has 9 nitrogen and oxygen atoms in total. The number of hydrogen-bond acceptors (Lipinski definition) is 9. The van der Waals surface area contributed by atoms with Crippen LogP contribution in [0.15, 0.2) is 53.4 Å². The first-order valence-corrected chi connectivity index (χ1v) is 18.9. The van der Waals surface area contributed by atoms with Crippen LogP contribution in [0.5, 0.6) is 0 Å². The van der Waals surface area contributed by atoms with Gasteiger partial charge in [-0.25, -0.2) is 0 Å². The largest absolute Gasteiger partial charge is 0.461 e. The van der Waals surface area contributed by atoms with E-state index in [9.17, 15) is 19.5 Å². The Kier molecular flexibility index (Phi) is 12.0. The fourth-order valence-corrected chi connectivity index (χ4v) is 9.67. The number of carbonyl (C=O) groups is 3. The van der Waals surface area contributed by atoms with Gasteiger partial charge in [-0.1, -0.05) is 52.0 Å². The number of aliphatic hydroxyl groups excluding tert-OH is 1. The molecule has 0 radical (unpaired) electrons. The van der Waals surface area contributed by atoms with Crippen molar-refractivity contribution in [2.24, 2.45) is 45.5 Å². The summed E-state index contributed by atoms with van der Waals surface area (Å²) in [7, 11) is 0. The van der Waals surface area contributed by atoms with Gasteiger partial charge in [-0.05, 0) is 91.3 Å². The molecule has 3 aliphatic rings. The van der Waals surface area contributed by atoms with Crippen molar-refractivity contribution in [3.8, 4) is 0 Å². The second-order valence-corrected chi connectivity index (χ2v) is 16.6. The van der Waals surface area contributed by atoms with Gasteiger partial charge in [0, 0.05) is 59.8 Å². The number of nitrogens with one attached hydrogen (secondary N) is 2. The first-order chi connectivity index (χ1) is 23.3. The Morgan fingerprint density at radius 3 is 2.37 bits per heavy atom. The molecule has 0 aliphatic heterocycles. The predicted octanol–water partition coefficient (Wildman–Crippen LogP) is 4.83. The van der Waals surface area contributed by atoms with Crippen molar-refractivity contribution in [1.82, 2.24) is 10.6 Å². The Morgan fingerprint density at radius 2 is 1.69 bits per heavy atom. The number of thioether (sulfide) groups is 1. The Morgan fingerprint density at radius 1 is 1.00 bits per heavy atom. The number of fused-ring (bicyclic) bond motifs is 2. The summed E-state index contributed by atoms with van der Waals surface area (Å²) < 4.78 is 6.49. The second-order valence-electron chi connectivity index (χ2n) is 15.5. The maximum absolute atomic E-state index is 13.6. The van der Waals surface area contributed by atoms with Crippen LogP contribution in [0.4, 0.5) is 0 Å². The van der Waals surface area contributed by atoms with Crippen LogP contribution in [0.3, 0.4) is 0 Å². The molecule has 1 spiro atoms. The van der Waals surface area contributed by atoms with E-state index >= 15 is 0 Å². The van der Waals surface area contributed by atoms with Crippen LogP contribution in [-0.2, 0) is 27.4 Å². The van der Waals surface area contributed by atoms with Crippen molar-refractivity contribution in [3.63, 3.8) is 0 Å². The molecule has 0 saturated heterocycles. The number of ether oxygens (including phenoxy) is 1. The van der Waals surface area contributed by atoms with Crippen LogP contribution in [0.2, 0.25) is 0 Å². The minimum Gasteiger partial charge on any atom is -0.461 e. The van der Waals surface area contributed by atoms with Crippen LogP contribution >= 0.6 is 11.8 Å². The molecule has 5 rings (SSSR count). The summed E-state index contributed by atoms with van der Waals surface area (Å²) in [6.45, 7) is 11.3. The molecule has 3 fully saturated rings. The molecule has 0 aromatic heterocycles. The van der Waals surface area contributed by atoms with Crippen molar-refractivity contribution in [2.75, 3.05) is 25.4 Å². The van der Waals surface area contributed by atoms with E-state index in [0.29, 0.717) is 56.9 Å². The topological polar surface area (TPSA) is 157 Å². The molecule has 7 N–H and O–H groups in total. The average molecular weight is 693 g/mol. The smallest absolute Gasteiger partial charge is 0.316 e. The van der Waals surface area contributed by atoms with Gasteiger partial charge in [0.2, 0.25) is 0 Å². The average Bonchev–Trinajstić information content (AvgIpc) is 3.10. The lowest BCUT2D eigenvalue weighted by Gasteiger charge is -2.63. The molecular weight excluding hydrogens is 637 g/mol. The fraction of sp³-hybridized carbons (Fsp3) is 0.615. The molecule has 2 unspecified atom stereocenters. The lowest BCUT2D eigenvalue weighted by atomic mass is 9.42. The lowest BCUT2D eigenvalue weighted by Crippen LogP contribution is -2.63. The Hall–Kier alpha value is -2.76. The molecule has 49 heavy (non-hydrogen) atoms. The molecule has 2 aromatic carbocycles. The summed E-state index contributed by atoms with van der Waals surface area (Å²) in [5.74, 6) is 0.0119. The summed E-state index contributed by atoms with van der Waals surface area (Å²) >= 11 is 1.44. The van der Waals surface area contributed by atoms with Gasteiger partial charge in [0.1, 0.15) is 11.9 Å². The molecule has 8 atom stereocenters. The third-order valence-corrected chi connectivity index (χ3v) is 13.3. The van der Waals surface area contributed by atoms with Crippen molar-refractivity contribution < 1.29 is 24.2 Å². The van der Waals surface area contributed by atoms with Crippen LogP contribution in [0, 0.1) is 34.0 Å². The van der Waals surface area contributed by atoms with Crippen LogP contribution < -0.4 is 22.1 Å². The number of Topliss-reactive ketones (excluding diaryl/α,β-unsaturated/α-hetero) is 1. The van der Waals surface area contributed by atoms with Crippen LogP contribution in [0.1, 0.15) is 87.7 Å². The van der Waals surface area contributed by atoms with E-state index in [2.05, 4.69) is 38.3 Å². The van der Waals surface area contributed by atoms with E-state index in [0.717, 1.165) is 41.7 Å². The van der Waals surface area contributed by atoms with Crippen molar-refractivity contribution in [2.45, 2.75) is 96.4 Å². The van der Waals surface area contributed by atoms with Gasteiger partial charge in [0.25, 0.3) is 5.91 Å². The van der Waals surface area contributed by atoms with E-state index < -0.39 is 23.0 Å². The summed E-state index contributed by atoms with van der Waals surface area (Å²) in [4.78, 5) is 40.3. The van der Waals surface area contributed by atoms with E-state index in [1.807, 2.05) is 48.5 Å². The normalized spacial score (nSPS) is 32.6. The number of esters is 1. The number of rotatable bonds is 13. The van der Waals surface area contributed by atoms with Crippen LogP contribution in [0.25, 0.3) is 0 Å². The molecule has 3 saturated carbocycles. The van der Waals surface area contributed by atoms with Gasteiger partial charge in [-0.3, -0.25) is 14.4 Å². The maximum Gasteiger partial charge on any atom is 0.316 e. The highest BCUT2D eigenvalue weighted by atomic mass is 32.2. The minimum absolute atomic E-state index is 0.0255. The van der Waals surface area contributed by atoms with Gasteiger partial charge in [0.15, 0.2) is 0 Å². The second kappa shape index (κ2) is 15.6. The Bertz CT molecular complexity index is 1470. The third-order valence-electron chi connectivity index (χ3n) is 12.4. The molecule has 268 valence electrons. The fourth-order valence-electron chi connectivity index (χ4n) is 8.99. The highest BCUT2D eigenvalue weighted by molar-refractivity contribution is 8.00. The van der Waals surface area contributed by atoms with E-state index in [-0.39, 0.29) is 40.8 Å². The molecule has 1 amide bonds. The monoisotopic (exact) mass is 692 g/mol. The predicted molar refractivity (Wildman–Crippen MR) is 194 cm³/mol. The molecule has 2 aromatic rings. The third kappa shape index (κ3) is 8.09. The maximum atomic E-state index is 13.6. The summed E-state index contributed by atoms with van der Waals surface area (Å²) in [5, 5.41) is 18.7. The minimum atomic E-state index is -0.664. The number of aliphatic hydroxyl groups is 1. The zero-order valence-electron chi connectivity index (χ0n) is 29.6. The Balaban J connectivity index is 1.34. The molecule has 0 heterocycles. The quantitative estimate of drug-likeness (QED) is 0.113. The molecular formula is C39H56N4O5S. The SMILES string of the molecule is CC1C2C[C@@]3(CCC2=O)C[C@]1(C)[C@H](OC(=O)CSc1ccc(CN)cc1)C[C@](C)(CNCc1ccc(C(=O)NCCCN)cc1)[C@@H](O)[C@@H]3C.